The summed E-state index contributed by atoms with van der Waals surface area (Å²) < 4.78 is 11.4. The molecule has 0 fully saturated rings. The number of nitrogens with zero attached hydrogens (tertiary/aromatic N) is 1. The van der Waals surface area contributed by atoms with Crippen molar-refractivity contribution < 1.29 is 8.53 Å². The fourth-order valence-electron chi connectivity index (χ4n) is 1.30. The number of aromatic nitrogens is 1. The second-order valence-electron chi connectivity index (χ2n) is 3.31. The van der Waals surface area contributed by atoms with Crippen LogP contribution in [0.15, 0.2) is 48.7 Å². The first kappa shape index (κ1) is 11.7. The number of pyridine rings is 1. The Balaban J connectivity index is 2.12. The van der Waals surface area contributed by atoms with Crippen LogP contribution in [0.3, 0.4) is 0 Å². The van der Waals surface area contributed by atoms with Gasteiger partial charge >= 0.3 is 105 Å². The molecule has 0 unspecified atom stereocenters. The Morgan fingerprint density at radius 2 is 1.88 bits per heavy atom. The van der Waals surface area contributed by atoms with Crippen LogP contribution >= 0.6 is 0 Å². The number of carbonyl (C=O) groups is 1. The first-order valence-corrected chi connectivity index (χ1v) is 6.66. The first-order chi connectivity index (χ1) is 8.29. The van der Waals surface area contributed by atoms with Crippen LogP contribution in [0.2, 0.25) is 0 Å². The Bertz CT molecular complexity index is 526. The van der Waals surface area contributed by atoms with Gasteiger partial charge in [-0.05, 0) is 0 Å². The van der Waals surface area contributed by atoms with E-state index in [2.05, 4.69) is 10.3 Å². The zero-order valence-electron chi connectivity index (χ0n) is 8.83. The van der Waals surface area contributed by atoms with Crippen LogP contribution in [-0.4, -0.2) is 26.6 Å². The Labute approximate surface area is 105 Å². The Morgan fingerprint density at radius 1 is 1.12 bits per heavy atom. The van der Waals surface area contributed by atoms with Gasteiger partial charge in [-0.3, -0.25) is 0 Å². The molecule has 2 rings (SSSR count). The number of benzene rings is 1. The maximum absolute atomic E-state index is 11.8. The van der Waals surface area contributed by atoms with Crippen LogP contribution < -0.4 is 9.67 Å². The molecular weight excluding hydrogens is 279 g/mol. The minimum atomic E-state index is -1.03. The summed E-state index contributed by atoms with van der Waals surface area (Å²) in [5, 5.41) is 2.68. The summed E-state index contributed by atoms with van der Waals surface area (Å²) in [6.07, 6.45) is 1.61. The molecule has 17 heavy (non-hydrogen) atoms. The Morgan fingerprint density at radius 3 is 2.47 bits per heavy atom. The molecule has 0 aliphatic rings. The summed E-state index contributed by atoms with van der Waals surface area (Å²) in [6, 6.07) is 12.0. The molecule has 1 N–H and O–H groups in total. The number of hydrogen-bond donors (Lipinski definition) is 1. The van der Waals surface area contributed by atoms with E-state index in [1.807, 2.05) is 0 Å². The van der Waals surface area contributed by atoms with Crippen LogP contribution in [0.25, 0.3) is 0 Å². The van der Waals surface area contributed by atoms with E-state index >= 15 is 0 Å². The van der Waals surface area contributed by atoms with Gasteiger partial charge in [0.1, 0.15) is 0 Å². The average molecular weight is 288 g/mol. The molecule has 0 atom stereocenters. The Hall–Kier alpha value is -1.80. The molecule has 84 valence electrons. The molecule has 0 radical (unpaired) electrons. The average Bonchev–Trinajstić information content (AvgIpc) is 2.40. The summed E-state index contributed by atoms with van der Waals surface area (Å²) in [7, 11) is 0. The van der Waals surface area contributed by atoms with E-state index in [-0.39, 0.29) is 5.91 Å². The van der Waals surface area contributed by atoms with Crippen LogP contribution in [0.1, 0.15) is 10.4 Å². The van der Waals surface area contributed by atoms with E-state index in [0.29, 0.717) is 11.4 Å². The third-order valence-electron chi connectivity index (χ3n) is 2.14. The van der Waals surface area contributed by atoms with Gasteiger partial charge in [-0.15, -0.1) is 0 Å². The maximum atomic E-state index is 11.8. The van der Waals surface area contributed by atoms with Gasteiger partial charge in [0.05, 0.1) is 0 Å². The first-order valence-electron chi connectivity index (χ1n) is 4.95. The zero-order valence-corrected chi connectivity index (χ0v) is 10.7. The quantitative estimate of drug-likeness (QED) is 0.857. The van der Waals surface area contributed by atoms with Gasteiger partial charge in [0.2, 0.25) is 0 Å². The summed E-state index contributed by atoms with van der Waals surface area (Å²) in [5.41, 5.74) is 0.522. The second kappa shape index (κ2) is 5.50. The predicted molar refractivity (Wildman–Crippen MR) is 64.7 cm³/mol. The molecule has 1 aromatic heterocycles. The third-order valence-corrected chi connectivity index (χ3v) is 3.21. The molecule has 1 amide bonds. The molecule has 4 nitrogen and oxygen atoms in total. The van der Waals surface area contributed by atoms with E-state index in [4.69, 9.17) is 0 Å². The molecule has 2 aromatic rings. The zero-order chi connectivity index (χ0) is 12.1. The molecule has 1 heterocycles. The summed E-state index contributed by atoms with van der Waals surface area (Å²) >= 11 is -1.03. The van der Waals surface area contributed by atoms with Gasteiger partial charge in [-0.25, -0.2) is 0 Å². The van der Waals surface area contributed by atoms with E-state index < -0.39 is 15.7 Å². The molecule has 1 aromatic carbocycles. The van der Waals surface area contributed by atoms with Crippen molar-refractivity contribution in [3.05, 3.63) is 54.2 Å². The van der Waals surface area contributed by atoms with E-state index in [1.54, 1.807) is 48.7 Å². The number of hydrogen-bond acceptors (Lipinski definition) is 3. The van der Waals surface area contributed by atoms with E-state index in [9.17, 15) is 8.53 Å². The van der Waals surface area contributed by atoms with Crippen LogP contribution in [0.5, 0.6) is 0 Å². The molecule has 0 saturated carbocycles. The van der Waals surface area contributed by atoms with Crippen LogP contribution in [-0.2, 0) is 3.74 Å². The van der Waals surface area contributed by atoms with Gasteiger partial charge in [-0.1, -0.05) is 0 Å². The van der Waals surface area contributed by atoms with Crippen molar-refractivity contribution >= 4 is 31.8 Å². The van der Waals surface area contributed by atoms with Crippen LogP contribution in [0.4, 0.5) is 5.82 Å². The summed E-state index contributed by atoms with van der Waals surface area (Å²) in [5.74, 6) is 0.286. The van der Waals surface area contributed by atoms with Gasteiger partial charge in [0.15, 0.2) is 0 Å². The van der Waals surface area contributed by atoms with Crippen molar-refractivity contribution in [3.63, 3.8) is 0 Å². The van der Waals surface area contributed by atoms with Gasteiger partial charge < -0.3 is 0 Å². The van der Waals surface area contributed by atoms with Crippen molar-refractivity contribution in [2.75, 3.05) is 5.32 Å². The molecule has 0 bridgehead atoms. The fourth-order valence-corrected chi connectivity index (χ4v) is 1.87. The topological polar surface area (TPSA) is 59.1 Å². The standard InChI is InChI=1S/C12H9AsN2O2/c16-12(15-11-3-1-2-8-14-11)9-4-6-10(13-17)7-5-9/h1-8H,(H,14,15,16). The summed E-state index contributed by atoms with van der Waals surface area (Å²) in [6.45, 7) is 0. The van der Waals surface area contributed by atoms with Crippen molar-refractivity contribution in [1.29, 1.82) is 0 Å². The van der Waals surface area contributed by atoms with Crippen molar-refractivity contribution in [2.45, 2.75) is 0 Å². The molecule has 0 aliphatic heterocycles. The molecule has 0 saturated heterocycles. The third kappa shape index (κ3) is 3.08. The molecular formula is C12H9AsN2O2. The molecule has 5 heteroatoms. The number of amides is 1. The van der Waals surface area contributed by atoms with Gasteiger partial charge in [0, 0.05) is 0 Å². The van der Waals surface area contributed by atoms with E-state index in [0.717, 1.165) is 4.35 Å². The number of rotatable bonds is 3. The predicted octanol–water partition coefficient (Wildman–Crippen LogP) is 1.01. The van der Waals surface area contributed by atoms with E-state index in [1.165, 1.54) is 0 Å². The minimum absolute atomic E-state index is 0.225. The van der Waals surface area contributed by atoms with Gasteiger partial charge in [-0.2, -0.15) is 0 Å². The van der Waals surface area contributed by atoms with Crippen molar-refractivity contribution in [3.8, 4) is 0 Å². The number of anilines is 1. The Kier molecular flexibility index (Phi) is 3.78. The monoisotopic (exact) mass is 288 g/mol. The molecule has 0 aliphatic carbocycles. The van der Waals surface area contributed by atoms with Crippen molar-refractivity contribution in [1.82, 2.24) is 4.98 Å². The fraction of sp³-hybridized carbons (Fsp3) is 0. The van der Waals surface area contributed by atoms with Crippen LogP contribution in [0, 0.1) is 0 Å². The van der Waals surface area contributed by atoms with Gasteiger partial charge in [0.25, 0.3) is 0 Å². The summed E-state index contributed by atoms with van der Waals surface area (Å²) in [4.78, 5) is 15.8. The van der Waals surface area contributed by atoms with Crippen molar-refractivity contribution in [2.24, 2.45) is 0 Å². The number of carbonyl (C=O) groups excluding carboxylic acids is 1. The normalized spacial score (nSPS) is 10.1. The SMILES string of the molecule is O=[As]c1ccc(C(=O)Nc2ccccn2)cc1. The second-order valence-corrected chi connectivity index (χ2v) is 4.77. The number of nitrogens with one attached hydrogen (secondary N) is 1. The molecule has 0 spiro atoms.